The van der Waals surface area contributed by atoms with Gasteiger partial charge in [-0.1, -0.05) is 6.92 Å². The van der Waals surface area contributed by atoms with Crippen LogP contribution >= 0.6 is 0 Å². The normalized spacial score (nSPS) is 22.8. The lowest BCUT2D eigenvalue weighted by Gasteiger charge is -1.93. The predicted octanol–water partition coefficient (Wildman–Crippen LogP) is 1.16. The first-order valence-electron chi connectivity index (χ1n) is 3.14. The van der Waals surface area contributed by atoms with Gasteiger partial charge in [0.1, 0.15) is 0 Å². The molecule has 0 aromatic heterocycles. The summed E-state index contributed by atoms with van der Waals surface area (Å²) in [5, 5.41) is 9.98. The van der Waals surface area contributed by atoms with E-state index in [4.69, 9.17) is 0 Å². The minimum absolute atomic E-state index is 0.207. The van der Waals surface area contributed by atoms with Gasteiger partial charge in [-0.15, -0.1) is 0 Å². The molecule has 0 aromatic rings. The molecule has 60 valence electrons. The number of hydrogen-bond donors (Lipinski definition) is 0. The molecule has 1 rings (SSSR count). The Morgan fingerprint density at radius 2 is 2.27 bits per heavy atom. The highest BCUT2D eigenvalue weighted by molar-refractivity contribution is 7.92. The highest BCUT2D eigenvalue weighted by Crippen LogP contribution is 2.21. The molecule has 1 unspecified atom stereocenters. The first-order valence-corrected chi connectivity index (χ1v) is 4.28. The second kappa shape index (κ2) is 2.96. The molecule has 4 nitrogen and oxygen atoms in total. The van der Waals surface area contributed by atoms with Gasteiger partial charge in [0, 0.05) is 11.0 Å². The second-order valence-corrected chi connectivity index (χ2v) is 3.50. The molecule has 1 aliphatic rings. The van der Waals surface area contributed by atoms with Crippen molar-refractivity contribution in [2.45, 2.75) is 13.3 Å². The number of rotatable bonds is 2. The largest absolute Gasteiger partial charge is 0.337 e. The van der Waals surface area contributed by atoms with E-state index in [1.165, 1.54) is 6.08 Å². The van der Waals surface area contributed by atoms with Gasteiger partial charge in [-0.25, -0.2) is 4.21 Å². The number of allylic oxidation sites excluding steroid dienone is 3. The van der Waals surface area contributed by atoms with Crippen LogP contribution in [-0.2, 0) is 10.8 Å². The third-order valence-electron chi connectivity index (χ3n) is 1.37. The van der Waals surface area contributed by atoms with Crippen molar-refractivity contribution in [2.75, 3.05) is 0 Å². The lowest BCUT2D eigenvalue weighted by atomic mass is 10.4. The summed E-state index contributed by atoms with van der Waals surface area (Å²) in [5.74, 6) is 0. The van der Waals surface area contributed by atoms with Crippen molar-refractivity contribution in [3.63, 3.8) is 0 Å². The van der Waals surface area contributed by atoms with Gasteiger partial charge in [0.05, 0.1) is 4.92 Å². The van der Waals surface area contributed by atoms with Crippen molar-refractivity contribution < 1.29 is 9.13 Å². The Hall–Kier alpha value is -0.970. The van der Waals surface area contributed by atoms with E-state index in [2.05, 4.69) is 0 Å². The molecule has 0 bridgehead atoms. The monoisotopic (exact) mass is 173 g/mol. The van der Waals surface area contributed by atoms with E-state index in [0.717, 1.165) is 0 Å². The predicted molar refractivity (Wildman–Crippen MR) is 41.6 cm³/mol. The van der Waals surface area contributed by atoms with Crippen molar-refractivity contribution in [3.8, 4) is 0 Å². The molecule has 0 saturated heterocycles. The summed E-state index contributed by atoms with van der Waals surface area (Å²) in [4.78, 5) is 10.2. The molecule has 0 N–H and O–H groups in total. The van der Waals surface area contributed by atoms with Gasteiger partial charge in [-0.3, -0.25) is 10.1 Å². The van der Waals surface area contributed by atoms with Crippen LogP contribution in [0.2, 0.25) is 0 Å². The minimum Gasteiger partial charge on any atom is -0.258 e. The van der Waals surface area contributed by atoms with Gasteiger partial charge in [0.15, 0.2) is 10.8 Å². The number of nitro groups is 1. The molecular weight excluding hydrogens is 166 g/mol. The first-order chi connectivity index (χ1) is 5.16. The molecule has 1 atom stereocenters. The highest BCUT2D eigenvalue weighted by atomic mass is 32.2. The van der Waals surface area contributed by atoms with Gasteiger partial charge in [0.2, 0.25) is 0 Å². The van der Waals surface area contributed by atoms with E-state index in [9.17, 15) is 14.3 Å². The molecular formula is C6H7NO3S. The van der Waals surface area contributed by atoms with Crippen molar-refractivity contribution in [2.24, 2.45) is 0 Å². The molecule has 0 spiro atoms. The SMILES string of the molecule is CCC1=CC=C([N+](=O)[O-])S1=O. The fourth-order valence-corrected chi connectivity index (χ4v) is 1.85. The zero-order valence-electron chi connectivity index (χ0n) is 5.94. The second-order valence-electron chi connectivity index (χ2n) is 2.02. The van der Waals surface area contributed by atoms with Crippen LogP contribution in [0.3, 0.4) is 0 Å². The average Bonchev–Trinajstić information content (AvgIpc) is 2.30. The Kier molecular flexibility index (Phi) is 2.19. The summed E-state index contributed by atoms with van der Waals surface area (Å²) in [5.41, 5.74) is 0. The summed E-state index contributed by atoms with van der Waals surface area (Å²) < 4.78 is 11.1. The molecule has 0 fully saturated rings. The molecule has 1 aliphatic heterocycles. The Bertz CT molecular complexity index is 280. The van der Waals surface area contributed by atoms with Crippen LogP contribution in [0.25, 0.3) is 0 Å². The van der Waals surface area contributed by atoms with E-state index in [0.29, 0.717) is 11.3 Å². The maximum Gasteiger partial charge on any atom is 0.337 e. The smallest absolute Gasteiger partial charge is 0.258 e. The fraction of sp³-hybridized carbons (Fsp3) is 0.333. The van der Waals surface area contributed by atoms with Crippen molar-refractivity contribution in [1.29, 1.82) is 0 Å². The first kappa shape index (κ1) is 8.13. The van der Waals surface area contributed by atoms with Gasteiger partial charge >= 0.3 is 5.03 Å². The third-order valence-corrected chi connectivity index (χ3v) is 2.93. The summed E-state index contributed by atoms with van der Waals surface area (Å²) in [6.07, 6.45) is 3.45. The van der Waals surface area contributed by atoms with Crippen molar-refractivity contribution >= 4 is 10.8 Å². The van der Waals surface area contributed by atoms with Gasteiger partial charge in [0.25, 0.3) is 0 Å². The third kappa shape index (κ3) is 1.37. The summed E-state index contributed by atoms with van der Waals surface area (Å²) in [6, 6.07) is 0. The van der Waals surface area contributed by atoms with E-state index in [1.807, 2.05) is 6.92 Å². The van der Waals surface area contributed by atoms with Gasteiger partial charge in [-0.05, 0) is 12.5 Å². The van der Waals surface area contributed by atoms with Crippen LogP contribution in [0.15, 0.2) is 22.1 Å². The molecule has 0 aliphatic carbocycles. The van der Waals surface area contributed by atoms with Crippen LogP contribution in [0, 0.1) is 10.1 Å². The van der Waals surface area contributed by atoms with E-state index in [1.54, 1.807) is 6.08 Å². The Balaban J connectivity index is 2.84. The Morgan fingerprint density at radius 3 is 2.55 bits per heavy atom. The minimum atomic E-state index is -1.51. The lowest BCUT2D eigenvalue weighted by Crippen LogP contribution is -2.03. The Morgan fingerprint density at radius 1 is 1.64 bits per heavy atom. The molecule has 0 saturated carbocycles. The van der Waals surface area contributed by atoms with E-state index < -0.39 is 15.7 Å². The molecule has 0 amide bonds. The van der Waals surface area contributed by atoms with Crippen LogP contribution in [0.5, 0.6) is 0 Å². The topological polar surface area (TPSA) is 60.2 Å². The zero-order valence-corrected chi connectivity index (χ0v) is 6.76. The summed E-state index contributed by atoms with van der Waals surface area (Å²) >= 11 is 0. The summed E-state index contributed by atoms with van der Waals surface area (Å²) in [6.45, 7) is 1.82. The molecule has 1 heterocycles. The van der Waals surface area contributed by atoms with Crippen LogP contribution in [0.1, 0.15) is 13.3 Å². The number of hydrogen-bond acceptors (Lipinski definition) is 3. The fourth-order valence-electron chi connectivity index (χ4n) is 0.800. The Labute approximate surface area is 66.2 Å². The summed E-state index contributed by atoms with van der Waals surface area (Å²) in [7, 11) is -1.51. The van der Waals surface area contributed by atoms with Crippen LogP contribution < -0.4 is 0 Å². The number of nitrogens with zero attached hydrogens (tertiary/aromatic N) is 1. The van der Waals surface area contributed by atoms with E-state index in [-0.39, 0.29) is 5.03 Å². The quantitative estimate of drug-likeness (QED) is 0.465. The highest BCUT2D eigenvalue weighted by Gasteiger charge is 2.26. The van der Waals surface area contributed by atoms with Gasteiger partial charge in [-0.2, -0.15) is 0 Å². The average molecular weight is 173 g/mol. The molecule has 0 radical (unpaired) electrons. The maximum atomic E-state index is 11.1. The van der Waals surface area contributed by atoms with Gasteiger partial charge < -0.3 is 0 Å². The van der Waals surface area contributed by atoms with Crippen LogP contribution in [-0.4, -0.2) is 9.13 Å². The molecule has 0 aromatic carbocycles. The standard InChI is InChI=1S/C6H7NO3S/c1-2-5-3-4-6(7(8)9)11(5)10/h3-4H,2H2,1H3. The van der Waals surface area contributed by atoms with Crippen LogP contribution in [0.4, 0.5) is 0 Å². The van der Waals surface area contributed by atoms with Crippen molar-refractivity contribution in [3.05, 3.63) is 32.2 Å². The maximum absolute atomic E-state index is 11.1. The zero-order chi connectivity index (χ0) is 8.43. The van der Waals surface area contributed by atoms with E-state index >= 15 is 0 Å². The van der Waals surface area contributed by atoms with Crippen molar-refractivity contribution in [1.82, 2.24) is 0 Å². The molecule has 5 heteroatoms. The molecule has 11 heavy (non-hydrogen) atoms. The lowest BCUT2D eigenvalue weighted by molar-refractivity contribution is -0.410.